The minimum Gasteiger partial charge on any atom is -0.454 e. The predicted octanol–water partition coefficient (Wildman–Crippen LogP) is 3.83. The predicted molar refractivity (Wildman–Crippen MR) is 63.2 cm³/mol. The van der Waals surface area contributed by atoms with Crippen LogP contribution in [0.15, 0.2) is 58.8 Å². The van der Waals surface area contributed by atoms with Gasteiger partial charge < -0.3 is 9.47 Å². The van der Waals surface area contributed by atoms with E-state index in [0.29, 0.717) is 0 Å². The van der Waals surface area contributed by atoms with Gasteiger partial charge in [0.25, 0.3) is 0 Å². The summed E-state index contributed by atoms with van der Waals surface area (Å²) in [6.45, 7) is 0.272. The molecule has 2 aromatic rings. The number of nitrogens with zero attached hydrogens (tertiary/aromatic N) is 2. The summed E-state index contributed by atoms with van der Waals surface area (Å²) in [4.78, 5) is 0. The lowest BCUT2D eigenvalue weighted by atomic mass is 10.3. The van der Waals surface area contributed by atoms with Gasteiger partial charge in [-0.15, -0.1) is 0 Å². The van der Waals surface area contributed by atoms with Crippen molar-refractivity contribution in [1.82, 2.24) is 0 Å². The molecule has 3 rings (SSSR count). The molecule has 2 aromatic carbocycles. The zero-order valence-electron chi connectivity index (χ0n) is 9.04. The Kier molecular flexibility index (Phi) is 2.46. The fourth-order valence-electron chi connectivity index (χ4n) is 1.56. The van der Waals surface area contributed by atoms with E-state index >= 15 is 0 Å². The van der Waals surface area contributed by atoms with Crippen molar-refractivity contribution in [3.63, 3.8) is 0 Å². The van der Waals surface area contributed by atoms with Crippen molar-refractivity contribution in [2.45, 2.75) is 0 Å². The smallest absolute Gasteiger partial charge is 0.231 e. The zero-order chi connectivity index (χ0) is 11.5. The second-order valence-electron chi connectivity index (χ2n) is 3.57. The van der Waals surface area contributed by atoms with Crippen LogP contribution in [-0.4, -0.2) is 6.79 Å². The van der Waals surface area contributed by atoms with Crippen LogP contribution in [0.25, 0.3) is 0 Å². The van der Waals surface area contributed by atoms with E-state index in [1.165, 1.54) is 0 Å². The molecule has 1 aliphatic heterocycles. The molecule has 84 valence electrons. The molecule has 0 saturated carbocycles. The standard InChI is InChI=1S/C13H10N2O2/c1-2-4-10(5-3-1)14-15-11-6-7-12-13(8-11)17-9-16-12/h1-8H,9H2. The van der Waals surface area contributed by atoms with E-state index in [4.69, 9.17) is 9.47 Å². The summed E-state index contributed by atoms with van der Waals surface area (Å²) in [6, 6.07) is 15.1. The SMILES string of the molecule is c1ccc(N=Nc2ccc3c(c2)OCO3)cc1. The molecule has 4 heteroatoms. The molecule has 1 heterocycles. The Bertz CT molecular complexity index is 553. The molecule has 4 nitrogen and oxygen atoms in total. The van der Waals surface area contributed by atoms with Crippen LogP contribution in [0.3, 0.4) is 0 Å². The van der Waals surface area contributed by atoms with E-state index in [2.05, 4.69) is 10.2 Å². The molecule has 0 saturated heterocycles. The fraction of sp³-hybridized carbons (Fsp3) is 0.0769. The van der Waals surface area contributed by atoms with E-state index in [-0.39, 0.29) is 6.79 Å². The third-order valence-corrected chi connectivity index (χ3v) is 2.39. The lowest BCUT2D eigenvalue weighted by molar-refractivity contribution is 0.174. The first-order chi connectivity index (χ1) is 8.42. The van der Waals surface area contributed by atoms with Crippen LogP contribution in [0.4, 0.5) is 11.4 Å². The van der Waals surface area contributed by atoms with Gasteiger partial charge >= 0.3 is 0 Å². The first-order valence-corrected chi connectivity index (χ1v) is 5.28. The van der Waals surface area contributed by atoms with Crippen molar-refractivity contribution >= 4 is 11.4 Å². The number of ether oxygens (including phenoxy) is 2. The van der Waals surface area contributed by atoms with Crippen molar-refractivity contribution in [2.75, 3.05) is 6.79 Å². The summed E-state index contributed by atoms with van der Waals surface area (Å²) >= 11 is 0. The number of hydrogen-bond acceptors (Lipinski definition) is 4. The van der Waals surface area contributed by atoms with Gasteiger partial charge in [0.15, 0.2) is 11.5 Å². The summed E-state index contributed by atoms with van der Waals surface area (Å²) in [6.07, 6.45) is 0. The fourth-order valence-corrected chi connectivity index (χ4v) is 1.56. The third kappa shape index (κ3) is 2.10. The number of fused-ring (bicyclic) bond motifs is 1. The van der Waals surface area contributed by atoms with Gasteiger partial charge in [0.05, 0.1) is 11.4 Å². The van der Waals surface area contributed by atoms with Crippen molar-refractivity contribution in [3.8, 4) is 11.5 Å². The van der Waals surface area contributed by atoms with Gasteiger partial charge in [-0.25, -0.2) is 0 Å². The van der Waals surface area contributed by atoms with Gasteiger partial charge in [-0.05, 0) is 24.3 Å². The summed E-state index contributed by atoms with van der Waals surface area (Å²) in [5.74, 6) is 1.47. The van der Waals surface area contributed by atoms with Gasteiger partial charge in [0, 0.05) is 6.07 Å². The number of azo groups is 1. The van der Waals surface area contributed by atoms with E-state index in [9.17, 15) is 0 Å². The normalized spacial score (nSPS) is 13.2. The Labute approximate surface area is 98.5 Å². The maximum absolute atomic E-state index is 5.27. The van der Waals surface area contributed by atoms with Gasteiger partial charge in [-0.1, -0.05) is 18.2 Å². The van der Waals surface area contributed by atoms with Gasteiger partial charge in [0.1, 0.15) is 0 Å². The molecule has 0 radical (unpaired) electrons. The highest BCUT2D eigenvalue weighted by Crippen LogP contribution is 2.35. The van der Waals surface area contributed by atoms with Crippen LogP contribution in [0.5, 0.6) is 11.5 Å². The molecular formula is C13H10N2O2. The average molecular weight is 226 g/mol. The van der Waals surface area contributed by atoms with Crippen LogP contribution in [0, 0.1) is 0 Å². The lowest BCUT2D eigenvalue weighted by Crippen LogP contribution is -1.92. The maximum atomic E-state index is 5.27. The Hall–Kier alpha value is -2.36. The van der Waals surface area contributed by atoms with Gasteiger partial charge in [-0.3, -0.25) is 0 Å². The summed E-state index contributed by atoms with van der Waals surface area (Å²) < 4.78 is 10.5. The molecule has 1 aliphatic rings. The second-order valence-corrected chi connectivity index (χ2v) is 3.57. The van der Waals surface area contributed by atoms with Crippen LogP contribution in [0.1, 0.15) is 0 Å². The average Bonchev–Trinajstić information content (AvgIpc) is 2.85. The molecular weight excluding hydrogens is 216 g/mol. The molecule has 0 fully saturated rings. The number of hydrogen-bond donors (Lipinski definition) is 0. The highest BCUT2D eigenvalue weighted by molar-refractivity contribution is 5.52. The Morgan fingerprint density at radius 1 is 0.765 bits per heavy atom. The summed E-state index contributed by atoms with van der Waals surface area (Å²) in [7, 11) is 0. The Morgan fingerprint density at radius 3 is 2.41 bits per heavy atom. The lowest BCUT2D eigenvalue weighted by Gasteiger charge is -1.96. The zero-order valence-corrected chi connectivity index (χ0v) is 9.04. The summed E-state index contributed by atoms with van der Waals surface area (Å²) in [5, 5.41) is 8.27. The van der Waals surface area contributed by atoms with E-state index < -0.39 is 0 Å². The number of rotatable bonds is 2. The Morgan fingerprint density at radius 2 is 1.53 bits per heavy atom. The molecule has 0 N–H and O–H groups in total. The minimum atomic E-state index is 0.272. The Balaban J connectivity index is 1.84. The molecule has 0 aromatic heterocycles. The molecule has 0 aliphatic carbocycles. The van der Waals surface area contributed by atoms with E-state index in [1.54, 1.807) is 0 Å². The first kappa shape index (κ1) is 9.84. The van der Waals surface area contributed by atoms with Crippen molar-refractivity contribution in [2.24, 2.45) is 10.2 Å². The van der Waals surface area contributed by atoms with Crippen LogP contribution in [-0.2, 0) is 0 Å². The van der Waals surface area contributed by atoms with Crippen molar-refractivity contribution in [3.05, 3.63) is 48.5 Å². The largest absolute Gasteiger partial charge is 0.454 e. The van der Waals surface area contributed by atoms with Crippen molar-refractivity contribution < 1.29 is 9.47 Å². The third-order valence-electron chi connectivity index (χ3n) is 2.39. The summed E-state index contributed by atoms with van der Waals surface area (Å²) in [5.41, 5.74) is 1.57. The highest BCUT2D eigenvalue weighted by Gasteiger charge is 2.12. The molecule has 0 spiro atoms. The second kappa shape index (κ2) is 4.25. The minimum absolute atomic E-state index is 0.272. The molecule has 0 bridgehead atoms. The molecule has 0 atom stereocenters. The monoisotopic (exact) mass is 226 g/mol. The van der Waals surface area contributed by atoms with Crippen LogP contribution >= 0.6 is 0 Å². The number of benzene rings is 2. The highest BCUT2D eigenvalue weighted by atomic mass is 16.7. The molecule has 0 unspecified atom stereocenters. The van der Waals surface area contributed by atoms with Crippen LogP contribution in [0.2, 0.25) is 0 Å². The topological polar surface area (TPSA) is 43.2 Å². The van der Waals surface area contributed by atoms with Crippen molar-refractivity contribution in [1.29, 1.82) is 0 Å². The van der Waals surface area contributed by atoms with Crippen LogP contribution < -0.4 is 9.47 Å². The van der Waals surface area contributed by atoms with E-state index in [1.807, 2.05) is 48.5 Å². The van der Waals surface area contributed by atoms with Gasteiger partial charge in [0.2, 0.25) is 6.79 Å². The molecule has 17 heavy (non-hydrogen) atoms. The maximum Gasteiger partial charge on any atom is 0.231 e. The van der Waals surface area contributed by atoms with E-state index in [0.717, 1.165) is 22.9 Å². The first-order valence-electron chi connectivity index (χ1n) is 5.28. The quantitative estimate of drug-likeness (QED) is 0.730. The van der Waals surface area contributed by atoms with Gasteiger partial charge in [-0.2, -0.15) is 10.2 Å². The molecule has 0 amide bonds.